The Hall–Kier alpha value is -0.690. The van der Waals surface area contributed by atoms with Crippen molar-refractivity contribution in [2.75, 3.05) is 0 Å². The molecule has 2 aromatic carbocycles. The van der Waals surface area contributed by atoms with E-state index >= 15 is 0 Å². The van der Waals surface area contributed by atoms with Gasteiger partial charge in [-0.3, -0.25) is 0 Å². The van der Waals surface area contributed by atoms with E-state index in [-0.39, 0.29) is 5.38 Å². The van der Waals surface area contributed by atoms with E-state index in [1.807, 2.05) is 48.5 Å². The van der Waals surface area contributed by atoms with Gasteiger partial charge in [-0.1, -0.05) is 53.5 Å². The first kappa shape index (κ1) is 12.8. The smallest absolute Gasteiger partial charge is 0.0626 e. The highest BCUT2D eigenvalue weighted by Gasteiger charge is 2.11. The highest BCUT2D eigenvalue weighted by Crippen LogP contribution is 2.29. The van der Waals surface area contributed by atoms with Crippen molar-refractivity contribution in [3.63, 3.8) is 0 Å². The first-order valence-electron chi connectivity index (χ1n) is 5.30. The molecule has 88 valence electrons. The van der Waals surface area contributed by atoms with Gasteiger partial charge in [-0.15, -0.1) is 11.6 Å². The molecular formula is C14H11Cl3. The van der Waals surface area contributed by atoms with E-state index < -0.39 is 0 Å². The third kappa shape index (κ3) is 3.38. The molecule has 17 heavy (non-hydrogen) atoms. The summed E-state index contributed by atoms with van der Waals surface area (Å²) in [5, 5.41) is 1.33. The standard InChI is InChI=1S/C14H11Cl3/c15-12-6-3-5-10(8-12)14(17)9-11-4-1-2-7-13(11)16/h1-8,14H,9H2. The van der Waals surface area contributed by atoms with E-state index in [9.17, 15) is 0 Å². The molecule has 0 radical (unpaired) electrons. The van der Waals surface area contributed by atoms with Gasteiger partial charge in [0.25, 0.3) is 0 Å². The second-order valence-corrected chi connectivity index (χ2v) is 5.19. The first-order valence-corrected chi connectivity index (χ1v) is 6.49. The van der Waals surface area contributed by atoms with Gasteiger partial charge in [0.1, 0.15) is 0 Å². The van der Waals surface area contributed by atoms with Gasteiger partial charge < -0.3 is 0 Å². The van der Waals surface area contributed by atoms with Crippen molar-refractivity contribution in [1.29, 1.82) is 0 Å². The number of halogens is 3. The molecule has 1 atom stereocenters. The molecule has 1 unspecified atom stereocenters. The monoisotopic (exact) mass is 284 g/mol. The summed E-state index contributed by atoms with van der Waals surface area (Å²) < 4.78 is 0. The van der Waals surface area contributed by atoms with Crippen LogP contribution in [0.1, 0.15) is 16.5 Å². The maximum Gasteiger partial charge on any atom is 0.0626 e. The average molecular weight is 286 g/mol. The van der Waals surface area contributed by atoms with E-state index in [0.717, 1.165) is 16.1 Å². The van der Waals surface area contributed by atoms with Gasteiger partial charge in [-0.05, 0) is 35.7 Å². The highest BCUT2D eigenvalue weighted by molar-refractivity contribution is 6.31. The van der Waals surface area contributed by atoms with Crippen LogP contribution >= 0.6 is 34.8 Å². The molecular weight excluding hydrogens is 275 g/mol. The van der Waals surface area contributed by atoms with Crippen molar-refractivity contribution in [2.24, 2.45) is 0 Å². The first-order chi connectivity index (χ1) is 8.16. The number of hydrogen-bond donors (Lipinski definition) is 0. The Kier molecular flexibility index (Phi) is 4.33. The van der Waals surface area contributed by atoms with E-state index in [0.29, 0.717) is 11.4 Å². The molecule has 0 spiro atoms. The van der Waals surface area contributed by atoms with Gasteiger partial charge in [0, 0.05) is 10.0 Å². The maximum absolute atomic E-state index is 6.37. The molecule has 0 N–H and O–H groups in total. The number of alkyl halides is 1. The van der Waals surface area contributed by atoms with Gasteiger partial charge in [-0.25, -0.2) is 0 Å². The van der Waals surface area contributed by atoms with Crippen molar-refractivity contribution < 1.29 is 0 Å². The van der Waals surface area contributed by atoms with Crippen LogP contribution in [-0.2, 0) is 6.42 Å². The molecule has 0 fully saturated rings. The minimum atomic E-state index is -0.117. The lowest BCUT2D eigenvalue weighted by Crippen LogP contribution is -1.96. The normalized spacial score (nSPS) is 12.4. The van der Waals surface area contributed by atoms with E-state index in [4.69, 9.17) is 34.8 Å². The molecule has 2 aromatic rings. The predicted molar refractivity (Wildman–Crippen MR) is 75.2 cm³/mol. The van der Waals surface area contributed by atoms with E-state index in [2.05, 4.69) is 0 Å². The Balaban J connectivity index is 2.17. The Morgan fingerprint density at radius 2 is 1.71 bits per heavy atom. The lowest BCUT2D eigenvalue weighted by atomic mass is 10.0. The second kappa shape index (κ2) is 5.77. The molecule has 0 aliphatic rings. The third-order valence-corrected chi connectivity index (χ3v) is 3.58. The fourth-order valence-corrected chi connectivity index (χ4v) is 2.39. The van der Waals surface area contributed by atoms with Crippen LogP contribution in [0.25, 0.3) is 0 Å². The Morgan fingerprint density at radius 1 is 0.941 bits per heavy atom. The molecule has 0 heterocycles. The predicted octanol–water partition coefficient (Wildman–Crippen LogP) is 5.52. The third-order valence-electron chi connectivity index (χ3n) is 2.57. The molecule has 0 saturated heterocycles. The molecule has 0 amide bonds. The van der Waals surface area contributed by atoms with Gasteiger partial charge >= 0.3 is 0 Å². The number of rotatable bonds is 3. The number of hydrogen-bond acceptors (Lipinski definition) is 0. The Labute approximate surface area is 116 Å². The topological polar surface area (TPSA) is 0 Å². The van der Waals surface area contributed by atoms with Gasteiger partial charge in [-0.2, -0.15) is 0 Å². The zero-order valence-electron chi connectivity index (χ0n) is 9.04. The summed E-state index contributed by atoms with van der Waals surface area (Å²) in [6.45, 7) is 0. The molecule has 0 bridgehead atoms. The summed E-state index contributed by atoms with van der Waals surface area (Å²) >= 11 is 18.4. The average Bonchev–Trinajstić information content (AvgIpc) is 2.32. The van der Waals surface area contributed by atoms with E-state index in [1.165, 1.54) is 0 Å². The lowest BCUT2D eigenvalue weighted by Gasteiger charge is -2.11. The number of benzene rings is 2. The van der Waals surface area contributed by atoms with Crippen molar-refractivity contribution in [2.45, 2.75) is 11.8 Å². The highest BCUT2D eigenvalue weighted by atomic mass is 35.5. The largest absolute Gasteiger partial charge is 0.117 e. The summed E-state index contributed by atoms with van der Waals surface area (Å²) in [5.74, 6) is 0. The minimum absolute atomic E-state index is 0.117. The molecule has 0 aromatic heterocycles. The maximum atomic E-state index is 6.37. The SMILES string of the molecule is Clc1cccc(C(Cl)Cc2ccccc2Cl)c1. The molecule has 2 rings (SSSR count). The molecule has 0 nitrogen and oxygen atoms in total. The van der Waals surface area contributed by atoms with Crippen LogP contribution in [0.5, 0.6) is 0 Å². The van der Waals surface area contributed by atoms with Gasteiger partial charge in [0.15, 0.2) is 0 Å². The fraction of sp³-hybridized carbons (Fsp3) is 0.143. The quantitative estimate of drug-likeness (QED) is 0.652. The van der Waals surface area contributed by atoms with Crippen LogP contribution in [0, 0.1) is 0 Å². The van der Waals surface area contributed by atoms with Gasteiger partial charge in [0.05, 0.1) is 5.38 Å². The zero-order valence-corrected chi connectivity index (χ0v) is 11.3. The molecule has 0 aliphatic heterocycles. The van der Waals surface area contributed by atoms with Crippen LogP contribution in [0.2, 0.25) is 10.0 Å². The van der Waals surface area contributed by atoms with Crippen LogP contribution < -0.4 is 0 Å². The lowest BCUT2D eigenvalue weighted by molar-refractivity contribution is 0.920. The minimum Gasteiger partial charge on any atom is -0.117 e. The van der Waals surface area contributed by atoms with E-state index in [1.54, 1.807) is 0 Å². The van der Waals surface area contributed by atoms with Crippen LogP contribution in [0.15, 0.2) is 48.5 Å². The summed E-state index contributed by atoms with van der Waals surface area (Å²) in [5.41, 5.74) is 2.06. The van der Waals surface area contributed by atoms with Crippen molar-refractivity contribution >= 4 is 34.8 Å². The zero-order chi connectivity index (χ0) is 12.3. The summed E-state index contributed by atoms with van der Waals surface area (Å²) in [7, 11) is 0. The van der Waals surface area contributed by atoms with Crippen molar-refractivity contribution in [3.05, 3.63) is 69.7 Å². The summed E-state index contributed by atoms with van der Waals surface area (Å²) in [6, 6.07) is 15.3. The van der Waals surface area contributed by atoms with Crippen LogP contribution in [0.3, 0.4) is 0 Å². The fourth-order valence-electron chi connectivity index (χ4n) is 1.68. The molecule has 3 heteroatoms. The Morgan fingerprint density at radius 3 is 2.41 bits per heavy atom. The van der Waals surface area contributed by atoms with Crippen LogP contribution in [-0.4, -0.2) is 0 Å². The summed E-state index contributed by atoms with van der Waals surface area (Å²) in [4.78, 5) is 0. The Bertz CT molecular complexity index is 508. The summed E-state index contributed by atoms with van der Waals surface area (Å²) in [6.07, 6.45) is 0.696. The molecule has 0 aliphatic carbocycles. The van der Waals surface area contributed by atoms with Crippen molar-refractivity contribution in [1.82, 2.24) is 0 Å². The van der Waals surface area contributed by atoms with Gasteiger partial charge in [0.2, 0.25) is 0 Å². The molecule has 0 saturated carbocycles. The second-order valence-electron chi connectivity index (χ2n) is 3.82. The van der Waals surface area contributed by atoms with Crippen LogP contribution in [0.4, 0.5) is 0 Å². The van der Waals surface area contributed by atoms with Crippen molar-refractivity contribution in [3.8, 4) is 0 Å².